The second-order valence-electron chi connectivity index (χ2n) is 7.33. The van der Waals surface area contributed by atoms with Crippen LogP contribution in [0.5, 0.6) is 0 Å². The van der Waals surface area contributed by atoms with Crippen molar-refractivity contribution in [3.63, 3.8) is 0 Å². The van der Waals surface area contributed by atoms with Crippen molar-refractivity contribution in [1.29, 1.82) is 0 Å². The summed E-state index contributed by atoms with van der Waals surface area (Å²) in [6.45, 7) is 4.62. The highest BCUT2D eigenvalue weighted by Crippen LogP contribution is 2.50. The number of allylic oxidation sites excluding steroid dienone is 1. The summed E-state index contributed by atoms with van der Waals surface area (Å²) in [5, 5.41) is 19.9. The molecule has 1 amide bonds. The van der Waals surface area contributed by atoms with Crippen LogP contribution in [0.15, 0.2) is 16.9 Å². The molecule has 11 nitrogen and oxygen atoms in total. The summed E-state index contributed by atoms with van der Waals surface area (Å²) in [6.07, 6.45) is 1.85. The van der Waals surface area contributed by atoms with E-state index in [1.54, 1.807) is 20.8 Å². The van der Waals surface area contributed by atoms with Gasteiger partial charge in [-0.2, -0.15) is 0 Å². The Labute approximate surface area is 165 Å². The van der Waals surface area contributed by atoms with Crippen LogP contribution in [0.1, 0.15) is 27.2 Å². The highest BCUT2D eigenvalue weighted by atomic mass is 32.2. The van der Waals surface area contributed by atoms with Crippen molar-refractivity contribution in [3.05, 3.63) is 16.9 Å². The zero-order valence-electron chi connectivity index (χ0n) is 15.7. The van der Waals surface area contributed by atoms with Crippen LogP contribution >= 0.6 is 11.8 Å². The van der Waals surface area contributed by atoms with Gasteiger partial charge in [0.1, 0.15) is 17.4 Å². The zero-order chi connectivity index (χ0) is 20.5. The largest absolute Gasteiger partial charge is 0.427 e. The number of amides is 1. The molecule has 0 bridgehead atoms. The predicted molar refractivity (Wildman–Crippen MR) is 94.8 cm³/mol. The average molecular weight is 411 g/mol. The number of rotatable bonds is 7. The van der Waals surface area contributed by atoms with E-state index < -0.39 is 30.1 Å². The standard InChI is InChI=1S/C16H21N5O6S/c1-16(2,3)15(25)27-8-26-14(24)11-10(4-5-20-7-17-18-19-20)28-13-9(6-22)12(23)21(11)13/h7,9,13,22H,4-6,8H2,1-3H3/t9-,13+/m0/s1. The van der Waals surface area contributed by atoms with E-state index in [0.29, 0.717) is 17.9 Å². The normalized spacial score (nSPS) is 21.4. The molecule has 0 radical (unpaired) electrons. The maximum atomic E-state index is 12.6. The van der Waals surface area contributed by atoms with Gasteiger partial charge in [-0.3, -0.25) is 14.5 Å². The van der Waals surface area contributed by atoms with Gasteiger partial charge in [-0.05, 0) is 31.2 Å². The van der Waals surface area contributed by atoms with Gasteiger partial charge in [-0.1, -0.05) is 0 Å². The van der Waals surface area contributed by atoms with Gasteiger partial charge >= 0.3 is 11.9 Å². The van der Waals surface area contributed by atoms with Crippen molar-refractivity contribution in [2.24, 2.45) is 11.3 Å². The van der Waals surface area contributed by atoms with Crippen LogP contribution in [-0.2, 0) is 30.4 Å². The molecule has 28 heavy (non-hydrogen) atoms. The minimum Gasteiger partial charge on any atom is -0.427 e. The smallest absolute Gasteiger partial charge is 0.358 e. The first-order chi connectivity index (χ1) is 13.2. The Hall–Kier alpha value is -2.47. The van der Waals surface area contributed by atoms with E-state index in [2.05, 4.69) is 15.5 Å². The molecule has 0 saturated carbocycles. The third-order valence-corrected chi connectivity index (χ3v) is 5.73. The molecule has 2 aliphatic rings. The molecule has 12 heteroatoms. The molecule has 152 valence electrons. The molecule has 1 N–H and O–H groups in total. The number of ether oxygens (including phenoxy) is 2. The number of nitrogens with zero attached hydrogens (tertiary/aromatic N) is 5. The summed E-state index contributed by atoms with van der Waals surface area (Å²) in [5.41, 5.74) is -0.608. The molecule has 3 rings (SSSR count). The zero-order valence-corrected chi connectivity index (χ0v) is 16.5. The summed E-state index contributed by atoms with van der Waals surface area (Å²) in [6, 6.07) is 0. The Morgan fingerprint density at radius 1 is 1.32 bits per heavy atom. The van der Waals surface area contributed by atoms with Crippen molar-refractivity contribution in [1.82, 2.24) is 25.1 Å². The maximum absolute atomic E-state index is 12.6. The number of thioether (sulfide) groups is 1. The van der Waals surface area contributed by atoms with Crippen LogP contribution in [0.25, 0.3) is 0 Å². The Kier molecular flexibility index (Phi) is 5.70. The van der Waals surface area contributed by atoms with Gasteiger partial charge in [-0.25, -0.2) is 9.48 Å². The van der Waals surface area contributed by atoms with E-state index >= 15 is 0 Å². The van der Waals surface area contributed by atoms with Crippen molar-refractivity contribution in [2.45, 2.75) is 39.1 Å². The Morgan fingerprint density at radius 3 is 2.68 bits per heavy atom. The van der Waals surface area contributed by atoms with Gasteiger partial charge in [0.15, 0.2) is 0 Å². The lowest BCUT2D eigenvalue weighted by atomic mass is 9.98. The summed E-state index contributed by atoms with van der Waals surface area (Å²) < 4.78 is 11.5. The lowest BCUT2D eigenvalue weighted by Gasteiger charge is -2.41. The Balaban J connectivity index is 1.69. The first-order valence-corrected chi connectivity index (χ1v) is 9.51. The van der Waals surface area contributed by atoms with Crippen molar-refractivity contribution in [2.75, 3.05) is 13.4 Å². The number of aliphatic hydroxyl groups excluding tert-OH is 1. The molecule has 0 unspecified atom stereocenters. The van der Waals surface area contributed by atoms with Gasteiger partial charge < -0.3 is 14.6 Å². The molecule has 3 heterocycles. The molecule has 1 aromatic rings. The van der Waals surface area contributed by atoms with Crippen molar-refractivity contribution >= 4 is 29.6 Å². The van der Waals surface area contributed by atoms with E-state index in [-0.39, 0.29) is 23.6 Å². The van der Waals surface area contributed by atoms with Crippen LogP contribution in [0.4, 0.5) is 0 Å². The number of carbonyl (C=O) groups is 3. The molecule has 1 aromatic heterocycles. The highest BCUT2D eigenvalue weighted by molar-refractivity contribution is 8.04. The number of tetrazole rings is 1. The second-order valence-corrected chi connectivity index (χ2v) is 8.54. The SMILES string of the molecule is CC(C)(C)C(=O)OCOC(=O)C1=C(CCn2cnnn2)S[C@@H]2[C@@H](CO)C(=O)N12. The van der Waals surface area contributed by atoms with Gasteiger partial charge in [0, 0.05) is 17.9 Å². The summed E-state index contributed by atoms with van der Waals surface area (Å²) >= 11 is 1.33. The average Bonchev–Trinajstić information content (AvgIpc) is 3.25. The van der Waals surface area contributed by atoms with Gasteiger partial charge in [0.2, 0.25) is 12.7 Å². The maximum Gasteiger partial charge on any atom is 0.358 e. The molecular formula is C16H21N5O6S. The third kappa shape index (κ3) is 3.87. The quantitative estimate of drug-likeness (QED) is 0.367. The molecule has 2 atom stereocenters. The van der Waals surface area contributed by atoms with Crippen LogP contribution in [0.2, 0.25) is 0 Å². The number of carbonyl (C=O) groups excluding carboxylic acids is 3. The number of β-lactam (4-membered cyclic amide) rings is 1. The Bertz CT molecular complexity index is 803. The number of aromatic nitrogens is 4. The summed E-state index contributed by atoms with van der Waals surface area (Å²) in [4.78, 5) is 38.6. The predicted octanol–water partition coefficient (Wildman–Crippen LogP) is -0.112. The summed E-state index contributed by atoms with van der Waals surface area (Å²) in [7, 11) is 0. The molecular weight excluding hydrogens is 390 g/mol. The molecule has 0 aromatic carbocycles. The number of hydrogen-bond acceptors (Lipinski definition) is 10. The fourth-order valence-corrected chi connectivity index (χ4v) is 4.19. The minimum absolute atomic E-state index is 0.115. The third-order valence-electron chi connectivity index (χ3n) is 4.26. The van der Waals surface area contributed by atoms with Crippen molar-refractivity contribution in [3.8, 4) is 0 Å². The first kappa shape index (κ1) is 20.3. The minimum atomic E-state index is -0.756. The molecule has 2 aliphatic heterocycles. The molecule has 1 saturated heterocycles. The second kappa shape index (κ2) is 7.87. The van der Waals surface area contributed by atoms with Gasteiger partial charge in [0.05, 0.1) is 17.9 Å². The van der Waals surface area contributed by atoms with E-state index in [0.717, 1.165) is 0 Å². The van der Waals surface area contributed by atoms with E-state index in [1.807, 2.05) is 0 Å². The van der Waals surface area contributed by atoms with Gasteiger partial charge in [0.25, 0.3) is 0 Å². The molecule has 0 aliphatic carbocycles. The lowest BCUT2D eigenvalue weighted by molar-refractivity contribution is -0.173. The van der Waals surface area contributed by atoms with E-state index in [9.17, 15) is 19.5 Å². The number of hydrogen-bond donors (Lipinski definition) is 1. The topological polar surface area (TPSA) is 137 Å². The van der Waals surface area contributed by atoms with Crippen LogP contribution in [0, 0.1) is 11.3 Å². The number of fused-ring (bicyclic) bond motifs is 1. The fraction of sp³-hybridized carbons (Fsp3) is 0.625. The van der Waals surface area contributed by atoms with Crippen molar-refractivity contribution < 1.29 is 29.0 Å². The fourth-order valence-electron chi connectivity index (χ4n) is 2.71. The monoisotopic (exact) mass is 411 g/mol. The first-order valence-electron chi connectivity index (χ1n) is 8.63. The van der Waals surface area contributed by atoms with Crippen LogP contribution in [0.3, 0.4) is 0 Å². The lowest BCUT2D eigenvalue weighted by Crippen LogP contribution is -2.58. The van der Waals surface area contributed by atoms with Gasteiger partial charge in [-0.15, -0.1) is 16.9 Å². The highest BCUT2D eigenvalue weighted by Gasteiger charge is 2.55. The number of aryl methyl sites for hydroxylation is 1. The Morgan fingerprint density at radius 2 is 2.07 bits per heavy atom. The molecule has 1 fully saturated rings. The van der Waals surface area contributed by atoms with E-state index in [4.69, 9.17) is 9.47 Å². The molecule has 0 spiro atoms. The summed E-state index contributed by atoms with van der Waals surface area (Å²) in [5.74, 6) is -2.16. The van der Waals surface area contributed by atoms with E-state index in [1.165, 1.54) is 27.7 Å². The number of esters is 2. The van der Waals surface area contributed by atoms with Crippen LogP contribution < -0.4 is 0 Å². The number of aliphatic hydroxyl groups is 1. The van der Waals surface area contributed by atoms with Crippen LogP contribution in [-0.4, -0.2) is 66.8 Å².